The monoisotopic (exact) mass is 349 g/mol. The van der Waals surface area contributed by atoms with Gasteiger partial charge in [0.25, 0.3) is 5.91 Å². The first-order valence-corrected chi connectivity index (χ1v) is 7.49. The highest BCUT2D eigenvalue weighted by atomic mass is 16.6. The highest BCUT2D eigenvalue weighted by Gasteiger charge is 2.53. The Morgan fingerprint density at radius 1 is 1.36 bits per heavy atom. The molecule has 132 valence electrons. The van der Waals surface area contributed by atoms with Crippen LogP contribution in [0, 0.1) is 0 Å². The SMILES string of the molecule is CC1(O)[C@H](O)[C@@H](CO)O[C@H]1n1cc2c3c(ncnc31)NC(=O)NC2=O. The number of aliphatic hydroxyl groups excluding tert-OH is 2. The van der Waals surface area contributed by atoms with E-state index in [-0.39, 0.29) is 22.4 Å². The van der Waals surface area contributed by atoms with Gasteiger partial charge in [0, 0.05) is 6.20 Å². The second-order valence-corrected chi connectivity index (χ2v) is 6.16. The average molecular weight is 349 g/mol. The van der Waals surface area contributed by atoms with E-state index in [1.807, 2.05) is 0 Å². The molecule has 5 N–H and O–H groups in total. The van der Waals surface area contributed by atoms with Gasteiger partial charge in [-0.05, 0) is 6.92 Å². The topological polar surface area (TPSA) is 159 Å². The molecule has 0 bridgehead atoms. The first-order valence-electron chi connectivity index (χ1n) is 7.49. The Hall–Kier alpha value is -2.60. The molecule has 0 aromatic carbocycles. The van der Waals surface area contributed by atoms with Crippen molar-refractivity contribution >= 4 is 28.8 Å². The highest BCUT2D eigenvalue weighted by Crippen LogP contribution is 2.41. The molecule has 0 saturated carbocycles. The fourth-order valence-electron chi connectivity index (χ4n) is 3.23. The predicted octanol–water partition coefficient (Wildman–Crippen LogP) is -1.29. The molecule has 1 fully saturated rings. The van der Waals surface area contributed by atoms with Crippen molar-refractivity contribution in [1.29, 1.82) is 0 Å². The number of urea groups is 1. The van der Waals surface area contributed by atoms with Gasteiger partial charge in [0.2, 0.25) is 0 Å². The number of carbonyl (C=O) groups excluding carboxylic acids is 2. The lowest BCUT2D eigenvalue weighted by atomic mass is 9.96. The lowest BCUT2D eigenvalue weighted by Gasteiger charge is -2.27. The summed E-state index contributed by atoms with van der Waals surface area (Å²) in [6.45, 7) is 0.871. The number of imide groups is 1. The summed E-state index contributed by atoms with van der Waals surface area (Å²) in [5.74, 6) is -0.523. The third-order valence-corrected chi connectivity index (χ3v) is 4.50. The van der Waals surface area contributed by atoms with Crippen molar-refractivity contribution in [2.24, 2.45) is 0 Å². The van der Waals surface area contributed by atoms with Crippen LogP contribution in [0.15, 0.2) is 12.5 Å². The van der Waals surface area contributed by atoms with Gasteiger partial charge in [-0.1, -0.05) is 0 Å². The van der Waals surface area contributed by atoms with E-state index in [1.54, 1.807) is 0 Å². The number of nitrogens with zero attached hydrogens (tertiary/aromatic N) is 3. The van der Waals surface area contributed by atoms with Gasteiger partial charge in [0.1, 0.15) is 35.6 Å². The standard InChI is InChI=1S/C14H15N5O6/c1-14(24)8(21)6(3-20)25-12(14)19-2-5-7-9(15-4-16-10(7)19)17-13(23)18-11(5)22/h2,4,6,8,12,20-21,24H,3H2,1H3,(H2,15,16,17,18,22,23)/t6-,8-,12-,14?/m1/s1. The molecule has 4 rings (SSSR count). The summed E-state index contributed by atoms with van der Waals surface area (Å²) in [6.07, 6.45) is -0.891. The van der Waals surface area contributed by atoms with Gasteiger partial charge in [-0.25, -0.2) is 14.8 Å². The minimum Gasteiger partial charge on any atom is -0.394 e. The molecule has 0 aliphatic carbocycles. The van der Waals surface area contributed by atoms with Gasteiger partial charge >= 0.3 is 6.03 Å². The number of rotatable bonds is 2. The number of nitrogens with one attached hydrogen (secondary N) is 2. The number of aromatic nitrogens is 3. The van der Waals surface area contributed by atoms with Crippen LogP contribution in [0.5, 0.6) is 0 Å². The zero-order valence-corrected chi connectivity index (χ0v) is 13.0. The molecule has 4 atom stereocenters. The Morgan fingerprint density at radius 2 is 2.12 bits per heavy atom. The summed E-state index contributed by atoms with van der Waals surface area (Å²) >= 11 is 0. The zero-order chi connectivity index (χ0) is 17.9. The fourth-order valence-corrected chi connectivity index (χ4v) is 3.23. The van der Waals surface area contributed by atoms with Crippen LogP contribution in [0.3, 0.4) is 0 Å². The number of carbonyl (C=O) groups is 2. The molecule has 0 spiro atoms. The molecule has 2 aliphatic heterocycles. The number of amides is 3. The maximum Gasteiger partial charge on any atom is 0.327 e. The molecular weight excluding hydrogens is 334 g/mol. The van der Waals surface area contributed by atoms with Crippen molar-refractivity contribution in [2.75, 3.05) is 11.9 Å². The molecule has 11 heteroatoms. The number of hydrogen-bond acceptors (Lipinski definition) is 8. The third-order valence-electron chi connectivity index (χ3n) is 4.50. The molecule has 2 aromatic rings. The number of anilines is 1. The normalized spacial score (nSPS) is 31.8. The second kappa shape index (κ2) is 5.20. The van der Waals surface area contributed by atoms with Crippen molar-refractivity contribution in [3.63, 3.8) is 0 Å². The third kappa shape index (κ3) is 2.14. The van der Waals surface area contributed by atoms with Crippen molar-refractivity contribution in [1.82, 2.24) is 19.9 Å². The predicted molar refractivity (Wildman–Crippen MR) is 81.6 cm³/mol. The van der Waals surface area contributed by atoms with Crippen molar-refractivity contribution < 1.29 is 29.6 Å². The molecule has 1 unspecified atom stereocenters. The van der Waals surface area contributed by atoms with Gasteiger partial charge in [-0.3, -0.25) is 15.4 Å². The summed E-state index contributed by atoms with van der Waals surface area (Å²) in [4.78, 5) is 32.0. The number of aliphatic hydroxyl groups is 3. The first kappa shape index (κ1) is 15.9. The summed E-state index contributed by atoms with van der Waals surface area (Å²) < 4.78 is 6.95. The van der Waals surface area contributed by atoms with E-state index in [1.165, 1.54) is 24.0 Å². The smallest absolute Gasteiger partial charge is 0.327 e. The minimum atomic E-state index is -1.74. The second-order valence-electron chi connectivity index (χ2n) is 6.16. The average Bonchev–Trinajstić information content (AvgIpc) is 3.00. The van der Waals surface area contributed by atoms with Gasteiger partial charge < -0.3 is 24.6 Å². The summed E-state index contributed by atoms with van der Waals surface area (Å²) in [5.41, 5.74) is -1.40. The molecule has 1 saturated heterocycles. The fraction of sp³-hybridized carbons (Fsp3) is 0.429. The molecular formula is C14H15N5O6. The van der Waals surface area contributed by atoms with Crippen LogP contribution in [0.4, 0.5) is 10.6 Å². The minimum absolute atomic E-state index is 0.116. The molecule has 2 aliphatic rings. The number of hydrogen-bond donors (Lipinski definition) is 5. The van der Waals surface area contributed by atoms with Crippen LogP contribution in [-0.2, 0) is 4.74 Å². The van der Waals surface area contributed by atoms with Crippen LogP contribution >= 0.6 is 0 Å². The Labute approximate surface area is 140 Å². The maximum absolute atomic E-state index is 12.2. The van der Waals surface area contributed by atoms with Crippen LogP contribution < -0.4 is 10.6 Å². The lowest BCUT2D eigenvalue weighted by Crippen LogP contribution is -2.44. The zero-order valence-electron chi connectivity index (χ0n) is 13.0. The molecule has 25 heavy (non-hydrogen) atoms. The molecule has 0 radical (unpaired) electrons. The molecule has 11 nitrogen and oxygen atoms in total. The van der Waals surface area contributed by atoms with Crippen molar-refractivity contribution in [2.45, 2.75) is 31.0 Å². The Morgan fingerprint density at radius 3 is 2.80 bits per heavy atom. The van der Waals surface area contributed by atoms with Gasteiger partial charge in [0.05, 0.1) is 17.6 Å². The molecule has 2 aromatic heterocycles. The van der Waals surface area contributed by atoms with Gasteiger partial charge in [-0.15, -0.1) is 0 Å². The Kier molecular flexibility index (Phi) is 3.30. The van der Waals surface area contributed by atoms with E-state index < -0.39 is 42.6 Å². The van der Waals surface area contributed by atoms with Gasteiger partial charge in [-0.2, -0.15) is 0 Å². The quantitative estimate of drug-likeness (QED) is 0.448. The highest BCUT2D eigenvalue weighted by molar-refractivity contribution is 6.19. The van der Waals surface area contributed by atoms with Crippen LogP contribution in [0.1, 0.15) is 23.5 Å². The summed E-state index contributed by atoms with van der Waals surface area (Å²) in [6, 6.07) is -0.715. The van der Waals surface area contributed by atoms with E-state index in [4.69, 9.17) is 4.74 Å². The van der Waals surface area contributed by atoms with Crippen LogP contribution in [-0.4, -0.2) is 66.2 Å². The maximum atomic E-state index is 12.2. The Balaban J connectivity index is 1.92. The summed E-state index contributed by atoms with van der Waals surface area (Å²) in [7, 11) is 0. The molecule has 4 heterocycles. The van der Waals surface area contributed by atoms with Crippen LogP contribution in [0.25, 0.3) is 11.0 Å². The van der Waals surface area contributed by atoms with E-state index >= 15 is 0 Å². The summed E-state index contributed by atoms with van der Waals surface area (Å²) in [5, 5.41) is 35.0. The Bertz CT molecular complexity index is 893. The van der Waals surface area contributed by atoms with E-state index in [0.29, 0.717) is 0 Å². The molecule has 3 amide bonds. The largest absolute Gasteiger partial charge is 0.394 e. The van der Waals surface area contributed by atoms with E-state index in [0.717, 1.165) is 0 Å². The van der Waals surface area contributed by atoms with Crippen molar-refractivity contribution in [3.8, 4) is 0 Å². The van der Waals surface area contributed by atoms with E-state index in [9.17, 15) is 24.9 Å². The lowest BCUT2D eigenvalue weighted by molar-refractivity contribution is -0.0948. The van der Waals surface area contributed by atoms with Crippen molar-refractivity contribution in [3.05, 3.63) is 18.1 Å². The van der Waals surface area contributed by atoms with Crippen LogP contribution in [0.2, 0.25) is 0 Å². The first-order chi connectivity index (χ1) is 11.8. The number of ether oxygens (including phenoxy) is 1. The van der Waals surface area contributed by atoms with Gasteiger partial charge in [0.15, 0.2) is 6.23 Å². The van der Waals surface area contributed by atoms with E-state index in [2.05, 4.69) is 20.6 Å².